The van der Waals surface area contributed by atoms with Gasteiger partial charge in [0.1, 0.15) is 0 Å². The molecule has 3 rings (SSSR count). The summed E-state index contributed by atoms with van der Waals surface area (Å²) in [6, 6.07) is 2.14. The van der Waals surface area contributed by atoms with Gasteiger partial charge in [-0.25, -0.2) is 4.98 Å². The summed E-state index contributed by atoms with van der Waals surface area (Å²) in [7, 11) is 0. The van der Waals surface area contributed by atoms with E-state index >= 15 is 0 Å². The highest BCUT2D eigenvalue weighted by Crippen LogP contribution is 2.41. The van der Waals surface area contributed by atoms with Crippen LogP contribution in [0.25, 0.3) is 5.65 Å². The van der Waals surface area contributed by atoms with Crippen molar-refractivity contribution in [1.82, 2.24) is 9.38 Å². The number of fused-ring (bicyclic) bond motifs is 1. The molecular weight excluding hydrogens is 256 g/mol. The largest absolute Gasteiger partial charge is 0.390 e. The zero-order valence-corrected chi connectivity index (χ0v) is 9.74. The molecule has 0 atom stereocenters. The van der Waals surface area contributed by atoms with Crippen LogP contribution in [0.15, 0.2) is 22.9 Å². The van der Waals surface area contributed by atoms with Crippen LogP contribution in [0, 0.1) is 0 Å². The minimum Gasteiger partial charge on any atom is -0.390 e. The van der Waals surface area contributed by atoms with Crippen LogP contribution in [0.2, 0.25) is 0 Å². The molecule has 1 aliphatic carbocycles. The summed E-state index contributed by atoms with van der Waals surface area (Å²) in [6.45, 7) is -0.00706. The fourth-order valence-electron chi connectivity index (χ4n) is 1.84. The summed E-state index contributed by atoms with van der Waals surface area (Å²) >= 11 is 3.52. The van der Waals surface area contributed by atoms with Crippen molar-refractivity contribution < 1.29 is 5.11 Å². The van der Waals surface area contributed by atoms with Crippen LogP contribution in [-0.2, 0) is 6.61 Å². The second-order valence-corrected chi connectivity index (χ2v) is 4.87. The van der Waals surface area contributed by atoms with Crippen LogP contribution < -0.4 is 0 Å². The molecule has 78 valence electrons. The summed E-state index contributed by atoms with van der Waals surface area (Å²) in [5, 5.41) is 9.03. The quantitative estimate of drug-likeness (QED) is 0.907. The number of nitrogens with zero attached hydrogens (tertiary/aromatic N) is 2. The Kier molecular flexibility index (Phi) is 2.07. The maximum atomic E-state index is 9.03. The van der Waals surface area contributed by atoms with Crippen LogP contribution in [-0.4, -0.2) is 14.5 Å². The van der Waals surface area contributed by atoms with Gasteiger partial charge < -0.3 is 9.51 Å². The average Bonchev–Trinajstić information content (AvgIpc) is 2.98. The molecule has 2 aromatic heterocycles. The topological polar surface area (TPSA) is 37.5 Å². The monoisotopic (exact) mass is 266 g/mol. The molecule has 0 aromatic carbocycles. The summed E-state index contributed by atoms with van der Waals surface area (Å²) in [6.07, 6.45) is 6.58. The van der Waals surface area contributed by atoms with Gasteiger partial charge in [-0.05, 0) is 46.3 Å². The van der Waals surface area contributed by atoms with Crippen LogP contribution in [0.3, 0.4) is 0 Å². The lowest BCUT2D eigenvalue weighted by Crippen LogP contribution is -1.88. The number of hydrogen-bond acceptors (Lipinski definition) is 2. The van der Waals surface area contributed by atoms with Crippen molar-refractivity contribution in [3.05, 3.63) is 34.2 Å². The first-order valence-corrected chi connectivity index (χ1v) is 5.85. The normalized spacial score (nSPS) is 16.1. The summed E-state index contributed by atoms with van der Waals surface area (Å²) < 4.78 is 3.00. The summed E-state index contributed by atoms with van der Waals surface area (Å²) in [5.74, 6) is 0.727. The van der Waals surface area contributed by atoms with Crippen LogP contribution in [0.1, 0.15) is 30.0 Å². The minimum atomic E-state index is -0.00706. The van der Waals surface area contributed by atoms with Crippen molar-refractivity contribution >= 4 is 21.6 Å². The van der Waals surface area contributed by atoms with Gasteiger partial charge in [0.15, 0.2) is 5.65 Å². The third-order valence-electron chi connectivity index (χ3n) is 2.79. The van der Waals surface area contributed by atoms with E-state index in [1.54, 1.807) is 0 Å². The van der Waals surface area contributed by atoms with Gasteiger partial charge in [0.2, 0.25) is 0 Å². The predicted octanol–water partition coefficient (Wildman–Crippen LogP) is 2.47. The van der Waals surface area contributed by atoms with Crippen LogP contribution in [0.5, 0.6) is 0 Å². The molecule has 0 amide bonds. The molecule has 0 unspecified atom stereocenters. The Bertz CT molecular complexity index is 517. The SMILES string of the molecule is OCc1cn2cc(C3CC3)cc(Br)c2n1. The van der Waals surface area contributed by atoms with Crippen molar-refractivity contribution in [2.24, 2.45) is 0 Å². The van der Waals surface area contributed by atoms with Crippen LogP contribution >= 0.6 is 15.9 Å². The van der Waals surface area contributed by atoms with Crippen molar-refractivity contribution in [2.75, 3.05) is 0 Å². The van der Waals surface area contributed by atoms with Crippen molar-refractivity contribution in [3.63, 3.8) is 0 Å². The number of imidazole rings is 1. The van der Waals surface area contributed by atoms with Crippen molar-refractivity contribution in [1.29, 1.82) is 0 Å². The molecule has 0 bridgehead atoms. The number of aromatic nitrogens is 2. The summed E-state index contributed by atoms with van der Waals surface area (Å²) in [5.41, 5.74) is 2.95. The fourth-order valence-corrected chi connectivity index (χ4v) is 2.40. The zero-order valence-electron chi connectivity index (χ0n) is 8.15. The molecule has 2 aromatic rings. The molecule has 0 aliphatic heterocycles. The number of rotatable bonds is 2. The highest BCUT2D eigenvalue weighted by Gasteiger charge is 2.24. The molecular formula is C11H11BrN2O. The smallest absolute Gasteiger partial charge is 0.151 e. The van der Waals surface area contributed by atoms with Crippen molar-refractivity contribution in [3.8, 4) is 0 Å². The van der Waals surface area contributed by atoms with E-state index in [0.717, 1.165) is 16.0 Å². The lowest BCUT2D eigenvalue weighted by Gasteiger charge is -2.01. The van der Waals surface area contributed by atoms with E-state index in [-0.39, 0.29) is 6.61 Å². The fraction of sp³-hybridized carbons (Fsp3) is 0.364. The molecule has 3 nitrogen and oxygen atoms in total. The molecule has 0 radical (unpaired) electrons. The van der Waals surface area contributed by atoms with E-state index in [9.17, 15) is 0 Å². The van der Waals surface area contributed by atoms with Gasteiger partial charge >= 0.3 is 0 Å². The first-order chi connectivity index (χ1) is 7.28. The molecule has 2 heterocycles. The Morgan fingerprint density at radius 1 is 1.47 bits per heavy atom. The minimum absolute atomic E-state index is 0.00706. The second kappa shape index (κ2) is 3.32. The molecule has 0 spiro atoms. The zero-order chi connectivity index (χ0) is 10.4. The Balaban J connectivity index is 2.20. The summed E-state index contributed by atoms with van der Waals surface area (Å²) in [4.78, 5) is 4.32. The number of aliphatic hydroxyl groups excluding tert-OH is 1. The molecule has 1 saturated carbocycles. The number of aliphatic hydroxyl groups is 1. The van der Waals surface area contributed by atoms with E-state index in [1.807, 2.05) is 10.6 Å². The number of hydrogen-bond donors (Lipinski definition) is 1. The molecule has 1 fully saturated rings. The molecule has 1 N–H and O–H groups in total. The van der Waals surface area contributed by atoms with Gasteiger partial charge in [0.25, 0.3) is 0 Å². The lowest BCUT2D eigenvalue weighted by molar-refractivity contribution is 0.277. The second-order valence-electron chi connectivity index (χ2n) is 4.02. The van der Waals surface area contributed by atoms with Gasteiger partial charge in [0, 0.05) is 12.4 Å². The van der Waals surface area contributed by atoms with E-state index in [1.165, 1.54) is 18.4 Å². The van der Waals surface area contributed by atoms with Gasteiger partial charge in [0.05, 0.1) is 16.8 Å². The third-order valence-corrected chi connectivity index (χ3v) is 3.37. The Hall–Kier alpha value is -0.870. The average molecular weight is 267 g/mol. The molecule has 1 aliphatic rings. The first-order valence-electron chi connectivity index (χ1n) is 5.06. The molecule has 4 heteroatoms. The van der Waals surface area contributed by atoms with Gasteiger partial charge in [-0.2, -0.15) is 0 Å². The van der Waals surface area contributed by atoms with Gasteiger partial charge in [-0.1, -0.05) is 0 Å². The van der Waals surface area contributed by atoms with Crippen LogP contribution in [0.4, 0.5) is 0 Å². The third kappa shape index (κ3) is 1.58. The van der Waals surface area contributed by atoms with Gasteiger partial charge in [-0.15, -0.1) is 0 Å². The van der Waals surface area contributed by atoms with E-state index < -0.39 is 0 Å². The Labute approximate surface area is 95.9 Å². The standard InChI is InChI=1S/C11H11BrN2O/c12-10-3-8(7-1-2-7)4-14-5-9(6-15)13-11(10)14/h3-5,7,15H,1-2,6H2. The molecule has 0 saturated heterocycles. The van der Waals surface area contributed by atoms with E-state index in [4.69, 9.17) is 5.11 Å². The highest BCUT2D eigenvalue weighted by atomic mass is 79.9. The predicted molar refractivity (Wildman–Crippen MR) is 60.8 cm³/mol. The maximum Gasteiger partial charge on any atom is 0.151 e. The van der Waals surface area contributed by atoms with E-state index in [2.05, 4.69) is 33.2 Å². The Morgan fingerprint density at radius 2 is 2.27 bits per heavy atom. The number of halogens is 1. The maximum absolute atomic E-state index is 9.03. The van der Waals surface area contributed by atoms with Gasteiger partial charge in [-0.3, -0.25) is 0 Å². The molecule has 15 heavy (non-hydrogen) atoms. The lowest BCUT2D eigenvalue weighted by atomic mass is 10.2. The highest BCUT2D eigenvalue weighted by molar-refractivity contribution is 9.10. The first kappa shape index (κ1) is 9.36. The Morgan fingerprint density at radius 3 is 2.93 bits per heavy atom. The van der Waals surface area contributed by atoms with Crippen molar-refractivity contribution in [2.45, 2.75) is 25.4 Å². The number of pyridine rings is 1. The van der Waals surface area contributed by atoms with E-state index in [0.29, 0.717) is 5.69 Å².